The van der Waals surface area contributed by atoms with E-state index in [0.717, 1.165) is 38.5 Å². The normalized spacial score (nSPS) is 24.7. The molecule has 0 N–H and O–H groups in total. The zero-order valence-corrected chi connectivity index (χ0v) is 17.2. The summed E-state index contributed by atoms with van der Waals surface area (Å²) in [5.41, 5.74) is -1.69. The minimum Gasteiger partial charge on any atom is -0.444 e. The van der Waals surface area contributed by atoms with Crippen LogP contribution in [0.1, 0.15) is 85.0 Å². The highest BCUT2D eigenvalue weighted by Crippen LogP contribution is 2.47. The molecule has 2 spiro atoms. The number of piperazine rings is 1. The van der Waals surface area contributed by atoms with Crippen molar-refractivity contribution in [2.45, 2.75) is 102 Å². The number of carbonyl (C=O) groups excluding carboxylic acids is 2. The van der Waals surface area contributed by atoms with Gasteiger partial charge in [-0.25, -0.2) is 4.79 Å². The summed E-state index contributed by atoms with van der Waals surface area (Å²) in [5.74, 6) is 2.77. The Morgan fingerprint density at radius 2 is 1.63 bits per heavy atom. The first-order chi connectivity index (χ1) is 12.7. The molecule has 2 aliphatic carbocycles. The van der Waals surface area contributed by atoms with E-state index in [4.69, 9.17) is 11.2 Å². The van der Waals surface area contributed by atoms with Crippen LogP contribution in [0, 0.1) is 12.3 Å². The quantitative estimate of drug-likeness (QED) is 0.649. The Kier molecular flexibility index (Phi) is 5.47. The Labute approximate surface area is 163 Å². The summed E-state index contributed by atoms with van der Waals surface area (Å²) in [6.45, 7) is 6.52. The first kappa shape index (κ1) is 20.0. The minimum atomic E-state index is -0.767. The molecule has 1 saturated heterocycles. The summed E-state index contributed by atoms with van der Waals surface area (Å²) in [7, 11) is 0. The molecule has 5 nitrogen and oxygen atoms in total. The van der Waals surface area contributed by atoms with E-state index in [1.807, 2.05) is 25.7 Å². The molecule has 0 atom stereocenters. The molecule has 150 valence electrons. The molecule has 1 heterocycles. The van der Waals surface area contributed by atoms with E-state index >= 15 is 0 Å². The van der Waals surface area contributed by atoms with Gasteiger partial charge in [0.25, 0.3) is 0 Å². The van der Waals surface area contributed by atoms with E-state index in [2.05, 4.69) is 5.92 Å². The lowest BCUT2D eigenvalue weighted by Crippen LogP contribution is -2.74. The van der Waals surface area contributed by atoms with Gasteiger partial charge in [-0.2, -0.15) is 0 Å². The Balaban J connectivity index is 2.01. The summed E-state index contributed by atoms with van der Waals surface area (Å²) in [6, 6.07) is 0. The molecule has 2 saturated carbocycles. The van der Waals surface area contributed by atoms with Crippen LogP contribution < -0.4 is 0 Å². The summed E-state index contributed by atoms with van der Waals surface area (Å²) >= 11 is 0. The van der Waals surface area contributed by atoms with Crippen LogP contribution in [-0.2, 0) is 9.53 Å². The maximum Gasteiger partial charge on any atom is 0.411 e. The summed E-state index contributed by atoms with van der Waals surface area (Å²) in [4.78, 5) is 30.7. The van der Waals surface area contributed by atoms with Gasteiger partial charge in [-0.05, 0) is 46.5 Å². The highest BCUT2D eigenvalue weighted by atomic mass is 16.6. The van der Waals surface area contributed by atoms with Crippen molar-refractivity contribution in [2.75, 3.05) is 13.1 Å². The standard InChI is InChI=1S/C22H34N2O3/c1-5-16-23-18(25)22(14-10-11-15-22)24(19(26)27-20(2,3)4)17-21(23)12-8-6-7-9-13-21/h1H,6-17H2,2-4H3. The molecular formula is C22H34N2O3. The summed E-state index contributed by atoms with van der Waals surface area (Å²) in [5, 5.41) is 0. The van der Waals surface area contributed by atoms with Crippen molar-refractivity contribution in [3.8, 4) is 12.3 Å². The van der Waals surface area contributed by atoms with Gasteiger partial charge < -0.3 is 9.64 Å². The van der Waals surface area contributed by atoms with Gasteiger partial charge >= 0.3 is 6.09 Å². The Bertz CT molecular complexity index is 614. The van der Waals surface area contributed by atoms with E-state index < -0.39 is 11.1 Å². The molecule has 0 unspecified atom stereocenters. The van der Waals surface area contributed by atoms with Gasteiger partial charge in [-0.15, -0.1) is 6.42 Å². The van der Waals surface area contributed by atoms with Crippen LogP contribution in [0.3, 0.4) is 0 Å². The summed E-state index contributed by atoms with van der Waals surface area (Å²) < 4.78 is 5.75. The van der Waals surface area contributed by atoms with E-state index in [0.29, 0.717) is 25.9 Å². The molecule has 2 amide bonds. The van der Waals surface area contributed by atoms with Crippen molar-refractivity contribution in [3.05, 3.63) is 0 Å². The summed E-state index contributed by atoms with van der Waals surface area (Å²) in [6.07, 6.45) is 15.0. The van der Waals surface area contributed by atoms with Crippen LogP contribution in [0.15, 0.2) is 0 Å². The molecule has 1 aliphatic heterocycles. The average Bonchev–Trinajstić information content (AvgIpc) is 2.95. The smallest absolute Gasteiger partial charge is 0.411 e. The van der Waals surface area contributed by atoms with Gasteiger partial charge in [0.2, 0.25) is 5.91 Å². The minimum absolute atomic E-state index is 0.0527. The van der Waals surface area contributed by atoms with Crippen molar-refractivity contribution in [1.82, 2.24) is 9.80 Å². The van der Waals surface area contributed by atoms with Crippen LogP contribution in [0.2, 0.25) is 0 Å². The number of nitrogens with zero attached hydrogens (tertiary/aromatic N) is 2. The molecule has 3 aliphatic rings. The highest BCUT2D eigenvalue weighted by molar-refractivity contribution is 5.92. The van der Waals surface area contributed by atoms with Gasteiger partial charge in [0.1, 0.15) is 11.1 Å². The lowest BCUT2D eigenvalue weighted by Gasteiger charge is -2.57. The first-order valence-electron chi connectivity index (χ1n) is 10.5. The molecule has 27 heavy (non-hydrogen) atoms. The fourth-order valence-corrected chi connectivity index (χ4v) is 5.26. The second kappa shape index (κ2) is 7.37. The molecule has 0 aromatic heterocycles. The van der Waals surface area contributed by atoms with Crippen molar-refractivity contribution in [1.29, 1.82) is 0 Å². The Hall–Kier alpha value is -1.70. The van der Waals surface area contributed by atoms with Crippen LogP contribution in [0.4, 0.5) is 4.79 Å². The van der Waals surface area contributed by atoms with Crippen molar-refractivity contribution < 1.29 is 14.3 Å². The number of amides is 2. The molecule has 3 rings (SSSR count). The second-order valence-electron chi connectivity index (χ2n) is 9.54. The second-order valence-corrected chi connectivity index (χ2v) is 9.54. The zero-order valence-electron chi connectivity index (χ0n) is 17.2. The Morgan fingerprint density at radius 3 is 2.15 bits per heavy atom. The maximum atomic E-state index is 13.8. The number of rotatable bonds is 1. The average molecular weight is 375 g/mol. The molecule has 0 radical (unpaired) electrons. The van der Waals surface area contributed by atoms with E-state index in [-0.39, 0.29) is 17.5 Å². The van der Waals surface area contributed by atoms with Gasteiger partial charge in [0.05, 0.1) is 12.1 Å². The third-order valence-corrected chi connectivity index (χ3v) is 6.51. The Morgan fingerprint density at radius 1 is 1.07 bits per heavy atom. The van der Waals surface area contributed by atoms with Gasteiger partial charge in [0.15, 0.2) is 0 Å². The molecule has 5 heteroatoms. The largest absolute Gasteiger partial charge is 0.444 e. The number of carbonyl (C=O) groups is 2. The van der Waals surface area contributed by atoms with Crippen molar-refractivity contribution in [2.24, 2.45) is 0 Å². The molecule has 0 aromatic carbocycles. The fourth-order valence-electron chi connectivity index (χ4n) is 5.26. The molecular weight excluding hydrogens is 340 g/mol. The predicted molar refractivity (Wildman–Crippen MR) is 105 cm³/mol. The fraction of sp³-hybridized carbons (Fsp3) is 0.818. The van der Waals surface area contributed by atoms with Crippen LogP contribution >= 0.6 is 0 Å². The lowest BCUT2D eigenvalue weighted by atomic mass is 9.78. The van der Waals surface area contributed by atoms with E-state index in [9.17, 15) is 9.59 Å². The first-order valence-corrected chi connectivity index (χ1v) is 10.5. The zero-order chi connectivity index (χ0) is 19.7. The number of terminal acetylenes is 1. The molecule has 0 aromatic rings. The van der Waals surface area contributed by atoms with Crippen molar-refractivity contribution >= 4 is 12.0 Å². The van der Waals surface area contributed by atoms with E-state index in [1.54, 1.807) is 4.90 Å². The third kappa shape index (κ3) is 3.68. The van der Waals surface area contributed by atoms with Gasteiger partial charge in [-0.1, -0.05) is 44.4 Å². The third-order valence-electron chi connectivity index (χ3n) is 6.51. The van der Waals surface area contributed by atoms with Gasteiger partial charge in [0, 0.05) is 6.54 Å². The lowest BCUT2D eigenvalue weighted by molar-refractivity contribution is -0.164. The number of hydrogen-bond donors (Lipinski definition) is 0. The van der Waals surface area contributed by atoms with Crippen molar-refractivity contribution in [3.63, 3.8) is 0 Å². The van der Waals surface area contributed by atoms with Crippen LogP contribution in [-0.4, -0.2) is 51.6 Å². The van der Waals surface area contributed by atoms with E-state index in [1.165, 1.54) is 12.8 Å². The number of hydrogen-bond acceptors (Lipinski definition) is 3. The number of ether oxygens (including phenoxy) is 1. The monoisotopic (exact) mass is 374 g/mol. The topological polar surface area (TPSA) is 49.9 Å². The van der Waals surface area contributed by atoms with Crippen LogP contribution in [0.25, 0.3) is 0 Å². The molecule has 0 bridgehead atoms. The molecule has 3 fully saturated rings. The van der Waals surface area contributed by atoms with Gasteiger partial charge in [-0.3, -0.25) is 9.69 Å². The highest BCUT2D eigenvalue weighted by Gasteiger charge is 2.60. The van der Waals surface area contributed by atoms with Crippen LogP contribution in [0.5, 0.6) is 0 Å². The maximum absolute atomic E-state index is 13.8. The predicted octanol–water partition coefficient (Wildman–Crippen LogP) is 4.10. The SMILES string of the molecule is C#CCN1C(=O)C2(CCCC2)N(C(=O)OC(C)(C)C)CC12CCCCCC2.